The van der Waals surface area contributed by atoms with Crippen LogP contribution in [-0.4, -0.2) is 84.2 Å². The summed E-state index contributed by atoms with van der Waals surface area (Å²) < 4.78 is 5.39. The van der Waals surface area contributed by atoms with Crippen LogP contribution in [0.2, 0.25) is 0 Å². The van der Waals surface area contributed by atoms with Gasteiger partial charge in [0.2, 0.25) is 5.91 Å². The van der Waals surface area contributed by atoms with Gasteiger partial charge in [-0.3, -0.25) is 9.69 Å². The highest BCUT2D eigenvalue weighted by Crippen LogP contribution is 2.20. The molecule has 3 heterocycles. The number of aryl methyl sites for hydroxylation is 1. The van der Waals surface area contributed by atoms with Crippen LogP contribution in [0.5, 0.6) is 0 Å². The summed E-state index contributed by atoms with van der Waals surface area (Å²) in [5, 5.41) is 0. The number of hydrogen-bond donors (Lipinski definition) is 0. The number of carbonyl (C=O) groups is 1. The van der Waals surface area contributed by atoms with E-state index in [1.54, 1.807) is 6.33 Å². The summed E-state index contributed by atoms with van der Waals surface area (Å²) in [6.07, 6.45) is 2.21. The van der Waals surface area contributed by atoms with Gasteiger partial charge in [-0.1, -0.05) is 0 Å². The maximum absolute atomic E-state index is 12.6. The third-order valence-electron chi connectivity index (χ3n) is 5.38. The van der Waals surface area contributed by atoms with E-state index in [9.17, 15) is 4.79 Å². The van der Waals surface area contributed by atoms with Crippen molar-refractivity contribution >= 4 is 11.7 Å². The Bertz CT molecular complexity index is 595. The van der Waals surface area contributed by atoms with E-state index in [4.69, 9.17) is 4.74 Å². The van der Waals surface area contributed by atoms with E-state index in [2.05, 4.69) is 33.6 Å². The molecule has 1 aromatic heterocycles. The number of morpholine rings is 1. The predicted molar refractivity (Wildman–Crippen MR) is 96.8 cm³/mol. The molecule has 2 aliphatic rings. The average Bonchev–Trinajstić information content (AvgIpc) is 2.65. The number of nitrogens with zero attached hydrogens (tertiary/aromatic N) is 5. The zero-order valence-electron chi connectivity index (χ0n) is 15.6. The van der Waals surface area contributed by atoms with Gasteiger partial charge in [0.15, 0.2) is 0 Å². The van der Waals surface area contributed by atoms with Crippen LogP contribution in [0.4, 0.5) is 5.82 Å². The maximum Gasteiger partial charge on any atom is 0.224 e. The van der Waals surface area contributed by atoms with Crippen LogP contribution >= 0.6 is 0 Å². The lowest BCUT2D eigenvalue weighted by Crippen LogP contribution is -2.51. The van der Waals surface area contributed by atoms with E-state index in [1.165, 1.54) is 0 Å². The van der Waals surface area contributed by atoms with Crippen molar-refractivity contribution in [3.8, 4) is 0 Å². The van der Waals surface area contributed by atoms with Gasteiger partial charge >= 0.3 is 0 Å². The van der Waals surface area contributed by atoms with Crippen molar-refractivity contribution in [3.63, 3.8) is 0 Å². The molecule has 2 aliphatic heterocycles. The molecule has 7 heteroatoms. The van der Waals surface area contributed by atoms with Crippen molar-refractivity contribution in [3.05, 3.63) is 17.6 Å². The van der Waals surface area contributed by atoms with Crippen molar-refractivity contribution in [2.24, 2.45) is 0 Å². The van der Waals surface area contributed by atoms with Gasteiger partial charge in [-0.2, -0.15) is 0 Å². The van der Waals surface area contributed by atoms with Gasteiger partial charge in [0, 0.05) is 63.0 Å². The number of carbonyl (C=O) groups excluding carboxylic acids is 1. The summed E-state index contributed by atoms with van der Waals surface area (Å²) in [5.74, 6) is 1.26. The normalized spacial score (nSPS) is 20.6. The molecule has 0 bridgehead atoms. The van der Waals surface area contributed by atoms with E-state index >= 15 is 0 Å². The molecule has 2 fully saturated rings. The number of aromatic nitrogens is 2. The smallest absolute Gasteiger partial charge is 0.224 e. The minimum Gasteiger partial charge on any atom is -0.379 e. The van der Waals surface area contributed by atoms with Crippen molar-refractivity contribution in [2.45, 2.75) is 33.2 Å². The minimum absolute atomic E-state index is 0.259. The van der Waals surface area contributed by atoms with Crippen LogP contribution in [-0.2, 0) is 9.53 Å². The Morgan fingerprint density at radius 3 is 2.48 bits per heavy atom. The van der Waals surface area contributed by atoms with Crippen LogP contribution in [0.3, 0.4) is 0 Å². The molecule has 0 N–H and O–H groups in total. The van der Waals surface area contributed by atoms with Gasteiger partial charge in [-0.05, 0) is 20.8 Å². The Morgan fingerprint density at radius 2 is 1.80 bits per heavy atom. The Morgan fingerprint density at radius 1 is 1.12 bits per heavy atom. The first-order valence-corrected chi connectivity index (χ1v) is 9.19. The molecule has 0 saturated carbocycles. The molecule has 1 atom stereocenters. The number of rotatable bonds is 4. The summed E-state index contributed by atoms with van der Waals surface area (Å²) in [6, 6.07) is 0.279. The molecule has 138 valence electrons. The lowest BCUT2D eigenvalue weighted by Gasteiger charge is -2.37. The number of anilines is 1. The SMILES string of the molecule is Cc1ncnc(N2CCN(C(=O)CC(C)N3CCOCC3)CC2)c1C. The highest BCUT2D eigenvalue weighted by molar-refractivity contribution is 5.77. The van der Waals surface area contributed by atoms with E-state index in [-0.39, 0.29) is 11.9 Å². The third kappa shape index (κ3) is 4.27. The Kier molecular flexibility index (Phi) is 5.86. The monoisotopic (exact) mass is 347 g/mol. The number of piperazine rings is 1. The first-order chi connectivity index (χ1) is 12.1. The second-order valence-electron chi connectivity index (χ2n) is 6.98. The summed E-state index contributed by atoms with van der Waals surface area (Å²) in [6.45, 7) is 12.8. The molecule has 1 amide bonds. The van der Waals surface area contributed by atoms with Crippen molar-refractivity contribution in [1.29, 1.82) is 0 Å². The summed E-state index contributed by atoms with van der Waals surface area (Å²) in [4.78, 5) is 27.9. The second-order valence-corrected chi connectivity index (χ2v) is 6.98. The fourth-order valence-electron chi connectivity index (χ4n) is 3.54. The fourth-order valence-corrected chi connectivity index (χ4v) is 3.54. The summed E-state index contributed by atoms with van der Waals surface area (Å²) >= 11 is 0. The van der Waals surface area contributed by atoms with E-state index in [1.807, 2.05) is 11.8 Å². The van der Waals surface area contributed by atoms with Crippen LogP contribution in [0.15, 0.2) is 6.33 Å². The number of amides is 1. The molecular weight excluding hydrogens is 318 g/mol. The highest BCUT2D eigenvalue weighted by Gasteiger charge is 2.26. The minimum atomic E-state index is 0.259. The molecule has 25 heavy (non-hydrogen) atoms. The second kappa shape index (κ2) is 8.10. The number of ether oxygens (including phenoxy) is 1. The van der Waals surface area contributed by atoms with Gasteiger partial charge in [0.1, 0.15) is 12.1 Å². The van der Waals surface area contributed by atoms with Crippen LogP contribution in [0.1, 0.15) is 24.6 Å². The predicted octanol–water partition coefficient (Wildman–Crippen LogP) is 0.853. The maximum atomic E-state index is 12.6. The van der Waals surface area contributed by atoms with Crippen LogP contribution in [0.25, 0.3) is 0 Å². The van der Waals surface area contributed by atoms with Gasteiger partial charge in [-0.25, -0.2) is 9.97 Å². The fraction of sp³-hybridized carbons (Fsp3) is 0.722. The molecule has 0 spiro atoms. The van der Waals surface area contributed by atoms with Gasteiger partial charge in [-0.15, -0.1) is 0 Å². The molecule has 0 aromatic carbocycles. The zero-order valence-corrected chi connectivity index (χ0v) is 15.6. The largest absolute Gasteiger partial charge is 0.379 e. The Hall–Kier alpha value is -1.73. The standard InChI is InChI=1S/C18H29N5O2/c1-14(21-8-10-25-11-9-21)12-17(24)22-4-6-23(7-5-22)18-15(2)16(3)19-13-20-18/h13-14H,4-12H2,1-3H3. The van der Waals surface area contributed by atoms with Crippen molar-refractivity contribution in [2.75, 3.05) is 57.4 Å². The lowest BCUT2D eigenvalue weighted by molar-refractivity contribution is -0.133. The molecule has 0 aliphatic carbocycles. The van der Waals surface area contributed by atoms with Crippen molar-refractivity contribution in [1.82, 2.24) is 19.8 Å². The van der Waals surface area contributed by atoms with E-state index < -0.39 is 0 Å². The third-order valence-corrected chi connectivity index (χ3v) is 5.38. The van der Waals surface area contributed by atoms with Crippen LogP contribution in [0, 0.1) is 13.8 Å². The molecule has 3 rings (SSSR count). The van der Waals surface area contributed by atoms with E-state index in [0.717, 1.165) is 69.6 Å². The molecule has 1 aromatic rings. The Balaban J connectivity index is 1.51. The Labute approximate surface area is 150 Å². The molecule has 2 saturated heterocycles. The van der Waals surface area contributed by atoms with Gasteiger partial charge in [0.05, 0.1) is 13.2 Å². The zero-order chi connectivity index (χ0) is 17.8. The molecule has 7 nitrogen and oxygen atoms in total. The van der Waals surface area contributed by atoms with Gasteiger partial charge in [0.25, 0.3) is 0 Å². The number of hydrogen-bond acceptors (Lipinski definition) is 6. The first-order valence-electron chi connectivity index (χ1n) is 9.19. The van der Waals surface area contributed by atoms with E-state index in [0.29, 0.717) is 6.42 Å². The average molecular weight is 347 g/mol. The summed E-state index contributed by atoms with van der Waals surface area (Å²) in [7, 11) is 0. The summed E-state index contributed by atoms with van der Waals surface area (Å²) in [5.41, 5.74) is 2.14. The van der Waals surface area contributed by atoms with Gasteiger partial charge < -0.3 is 14.5 Å². The highest BCUT2D eigenvalue weighted by atomic mass is 16.5. The first kappa shape index (κ1) is 18.1. The van der Waals surface area contributed by atoms with Crippen LogP contribution < -0.4 is 4.90 Å². The van der Waals surface area contributed by atoms with Crippen molar-refractivity contribution < 1.29 is 9.53 Å². The quantitative estimate of drug-likeness (QED) is 0.805. The molecule has 1 unspecified atom stereocenters. The molecular formula is C18H29N5O2. The lowest BCUT2D eigenvalue weighted by atomic mass is 10.1. The molecule has 0 radical (unpaired) electrons. The topological polar surface area (TPSA) is 61.8 Å².